The van der Waals surface area contributed by atoms with Crippen LogP contribution in [0.3, 0.4) is 0 Å². The Balaban J connectivity index is 1.94. The molecule has 1 aromatic rings. The van der Waals surface area contributed by atoms with Crippen molar-refractivity contribution < 1.29 is 19.4 Å². The van der Waals surface area contributed by atoms with Crippen LogP contribution in [0.25, 0.3) is 0 Å². The third-order valence-electron chi connectivity index (χ3n) is 3.97. The summed E-state index contributed by atoms with van der Waals surface area (Å²) in [5.41, 5.74) is 1.09. The lowest BCUT2D eigenvalue weighted by Crippen LogP contribution is -2.50. The molecule has 1 aliphatic rings. The summed E-state index contributed by atoms with van der Waals surface area (Å²) < 4.78 is 10.5. The van der Waals surface area contributed by atoms with Crippen molar-refractivity contribution in [1.82, 2.24) is 4.90 Å². The van der Waals surface area contributed by atoms with Crippen LogP contribution in [0.1, 0.15) is 12.5 Å². The molecule has 2 rings (SSSR count). The summed E-state index contributed by atoms with van der Waals surface area (Å²) in [6, 6.07) is 5.77. The minimum absolute atomic E-state index is 0.247. The van der Waals surface area contributed by atoms with Crippen LogP contribution in [0.2, 0.25) is 0 Å². The number of rotatable bonds is 6. The van der Waals surface area contributed by atoms with Gasteiger partial charge in [-0.1, -0.05) is 13.0 Å². The topological polar surface area (TPSA) is 59.0 Å². The van der Waals surface area contributed by atoms with Crippen LogP contribution in [0.15, 0.2) is 18.2 Å². The Kier molecular flexibility index (Phi) is 4.49. The largest absolute Gasteiger partial charge is 0.497 e. The SMILES string of the molecule is COc1ccc(CN2CC(C(C)C(=O)O)C2)c(OC)c1. The zero-order valence-electron chi connectivity index (χ0n) is 12.1. The molecule has 20 heavy (non-hydrogen) atoms. The van der Waals surface area contributed by atoms with Gasteiger partial charge in [0.25, 0.3) is 0 Å². The lowest BCUT2D eigenvalue weighted by Gasteiger charge is -2.41. The molecule has 0 bridgehead atoms. The molecule has 0 aliphatic carbocycles. The molecule has 0 amide bonds. The third-order valence-corrected chi connectivity index (χ3v) is 3.97. The number of likely N-dealkylation sites (tertiary alicyclic amines) is 1. The molecular formula is C15H21NO4. The molecule has 1 heterocycles. The smallest absolute Gasteiger partial charge is 0.306 e. The van der Waals surface area contributed by atoms with E-state index >= 15 is 0 Å². The summed E-state index contributed by atoms with van der Waals surface area (Å²) in [4.78, 5) is 13.1. The molecule has 0 radical (unpaired) electrons. The van der Waals surface area contributed by atoms with Gasteiger partial charge in [0.2, 0.25) is 0 Å². The number of ether oxygens (including phenoxy) is 2. The highest BCUT2D eigenvalue weighted by atomic mass is 16.5. The summed E-state index contributed by atoms with van der Waals surface area (Å²) in [7, 11) is 3.27. The highest BCUT2D eigenvalue weighted by Crippen LogP contribution is 2.30. The molecule has 1 N–H and O–H groups in total. The maximum Gasteiger partial charge on any atom is 0.306 e. The number of methoxy groups -OCH3 is 2. The lowest BCUT2D eigenvalue weighted by atomic mass is 9.87. The first-order chi connectivity index (χ1) is 9.55. The van der Waals surface area contributed by atoms with Crippen LogP contribution in [0, 0.1) is 11.8 Å². The first-order valence-corrected chi connectivity index (χ1v) is 6.71. The maximum atomic E-state index is 10.9. The summed E-state index contributed by atoms with van der Waals surface area (Å²) in [6.07, 6.45) is 0. The number of nitrogens with zero attached hydrogens (tertiary/aromatic N) is 1. The first kappa shape index (κ1) is 14.7. The van der Waals surface area contributed by atoms with Crippen LogP contribution in [-0.2, 0) is 11.3 Å². The van der Waals surface area contributed by atoms with E-state index in [4.69, 9.17) is 14.6 Å². The van der Waals surface area contributed by atoms with Gasteiger partial charge in [-0.3, -0.25) is 9.69 Å². The quantitative estimate of drug-likeness (QED) is 0.861. The van der Waals surface area contributed by atoms with Crippen molar-refractivity contribution in [3.63, 3.8) is 0 Å². The predicted molar refractivity (Wildman–Crippen MR) is 75.1 cm³/mol. The Labute approximate surface area is 119 Å². The number of carbonyl (C=O) groups is 1. The lowest BCUT2D eigenvalue weighted by molar-refractivity contribution is -0.145. The van der Waals surface area contributed by atoms with Crippen LogP contribution < -0.4 is 9.47 Å². The van der Waals surface area contributed by atoms with Crippen molar-refractivity contribution in [1.29, 1.82) is 0 Å². The Morgan fingerprint density at radius 1 is 1.40 bits per heavy atom. The van der Waals surface area contributed by atoms with Crippen molar-refractivity contribution in [2.45, 2.75) is 13.5 Å². The average Bonchev–Trinajstić information content (AvgIpc) is 2.41. The van der Waals surface area contributed by atoms with E-state index in [1.807, 2.05) is 18.2 Å². The van der Waals surface area contributed by atoms with Crippen LogP contribution in [-0.4, -0.2) is 43.3 Å². The van der Waals surface area contributed by atoms with Gasteiger partial charge in [0.05, 0.1) is 20.1 Å². The van der Waals surface area contributed by atoms with E-state index in [0.29, 0.717) is 0 Å². The van der Waals surface area contributed by atoms with E-state index in [9.17, 15) is 4.79 Å². The molecule has 5 nitrogen and oxygen atoms in total. The minimum atomic E-state index is -0.711. The minimum Gasteiger partial charge on any atom is -0.497 e. The Hall–Kier alpha value is -1.75. The molecular weight excluding hydrogens is 258 g/mol. The average molecular weight is 279 g/mol. The summed E-state index contributed by atoms with van der Waals surface area (Å²) in [6.45, 7) is 4.19. The molecule has 1 saturated heterocycles. The summed E-state index contributed by atoms with van der Waals surface area (Å²) >= 11 is 0. The number of benzene rings is 1. The van der Waals surface area contributed by atoms with Crippen LogP contribution >= 0.6 is 0 Å². The maximum absolute atomic E-state index is 10.9. The number of carboxylic acids is 1. The molecule has 1 fully saturated rings. The molecule has 5 heteroatoms. The van der Waals surface area contributed by atoms with Crippen molar-refractivity contribution in [3.05, 3.63) is 23.8 Å². The molecule has 1 aliphatic heterocycles. The van der Waals surface area contributed by atoms with Crippen molar-refractivity contribution in [2.75, 3.05) is 27.3 Å². The second-order valence-corrected chi connectivity index (χ2v) is 5.26. The van der Waals surface area contributed by atoms with E-state index < -0.39 is 5.97 Å². The van der Waals surface area contributed by atoms with Gasteiger partial charge in [-0.2, -0.15) is 0 Å². The normalized spacial score (nSPS) is 17.4. The van der Waals surface area contributed by atoms with E-state index in [0.717, 1.165) is 36.7 Å². The standard InChI is InChI=1S/C15H21NO4/c1-10(15(17)18)12-8-16(9-12)7-11-4-5-13(19-2)6-14(11)20-3/h4-6,10,12H,7-9H2,1-3H3,(H,17,18). The van der Waals surface area contributed by atoms with Gasteiger partial charge in [0, 0.05) is 31.3 Å². The predicted octanol–water partition coefficient (Wildman–Crippen LogP) is 1.86. The Morgan fingerprint density at radius 3 is 2.65 bits per heavy atom. The molecule has 0 saturated carbocycles. The van der Waals surface area contributed by atoms with Crippen LogP contribution in [0.4, 0.5) is 0 Å². The summed E-state index contributed by atoms with van der Waals surface area (Å²) in [5, 5.41) is 8.98. The monoisotopic (exact) mass is 279 g/mol. The summed E-state index contributed by atoms with van der Waals surface area (Å²) in [5.74, 6) is 0.836. The second kappa shape index (κ2) is 6.13. The molecule has 0 aromatic heterocycles. The van der Waals surface area contributed by atoms with Gasteiger partial charge in [-0.25, -0.2) is 0 Å². The molecule has 1 aromatic carbocycles. The fraction of sp³-hybridized carbons (Fsp3) is 0.533. The van der Waals surface area contributed by atoms with E-state index in [2.05, 4.69) is 4.90 Å². The van der Waals surface area contributed by atoms with Gasteiger partial charge in [-0.15, -0.1) is 0 Å². The van der Waals surface area contributed by atoms with Gasteiger partial charge < -0.3 is 14.6 Å². The van der Waals surface area contributed by atoms with E-state index in [1.165, 1.54) is 0 Å². The van der Waals surface area contributed by atoms with Crippen molar-refractivity contribution in [3.8, 4) is 11.5 Å². The highest BCUT2D eigenvalue weighted by molar-refractivity contribution is 5.70. The first-order valence-electron chi connectivity index (χ1n) is 6.71. The number of carboxylic acid groups (broad SMARTS) is 1. The number of aliphatic carboxylic acids is 1. The van der Waals surface area contributed by atoms with Crippen molar-refractivity contribution >= 4 is 5.97 Å². The molecule has 1 unspecified atom stereocenters. The number of hydrogen-bond acceptors (Lipinski definition) is 4. The van der Waals surface area contributed by atoms with Crippen LogP contribution in [0.5, 0.6) is 11.5 Å². The fourth-order valence-corrected chi connectivity index (χ4v) is 2.48. The fourth-order valence-electron chi connectivity index (χ4n) is 2.48. The van der Waals surface area contributed by atoms with Gasteiger partial charge >= 0.3 is 5.97 Å². The van der Waals surface area contributed by atoms with Gasteiger partial charge in [0.15, 0.2) is 0 Å². The zero-order chi connectivity index (χ0) is 14.7. The van der Waals surface area contributed by atoms with E-state index in [-0.39, 0.29) is 11.8 Å². The number of hydrogen-bond donors (Lipinski definition) is 1. The second-order valence-electron chi connectivity index (χ2n) is 5.26. The zero-order valence-corrected chi connectivity index (χ0v) is 12.1. The Bertz CT molecular complexity index is 483. The van der Waals surface area contributed by atoms with Gasteiger partial charge in [0.1, 0.15) is 11.5 Å². The highest BCUT2D eigenvalue weighted by Gasteiger charge is 2.34. The van der Waals surface area contributed by atoms with E-state index in [1.54, 1.807) is 21.1 Å². The van der Waals surface area contributed by atoms with Crippen molar-refractivity contribution in [2.24, 2.45) is 11.8 Å². The molecule has 0 spiro atoms. The third kappa shape index (κ3) is 3.04. The Morgan fingerprint density at radius 2 is 2.10 bits per heavy atom. The molecule has 1 atom stereocenters. The van der Waals surface area contributed by atoms with Gasteiger partial charge in [-0.05, 0) is 12.0 Å². The molecule has 110 valence electrons.